The summed E-state index contributed by atoms with van der Waals surface area (Å²) in [5.41, 5.74) is 5.47. The van der Waals surface area contributed by atoms with E-state index in [0.717, 1.165) is 23.1 Å². The predicted octanol–water partition coefficient (Wildman–Crippen LogP) is 5.94. The van der Waals surface area contributed by atoms with E-state index < -0.39 is 11.2 Å². The number of carbonyl (C=O) groups is 2. The Morgan fingerprint density at radius 1 is 1.05 bits per heavy atom. The molecule has 1 fully saturated rings. The van der Waals surface area contributed by atoms with Gasteiger partial charge in [0.15, 0.2) is 0 Å². The number of rotatable bonds is 7. The predicted molar refractivity (Wildman–Crippen MR) is 149 cm³/mol. The van der Waals surface area contributed by atoms with Crippen molar-refractivity contribution >= 4 is 35.0 Å². The van der Waals surface area contributed by atoms with Crippen molar-refractivity contribution in [3.8, 4) is 11.8 Å². The fraction of sp³-hybridized carbons (Fsp3) is 0.233. The number of nitriles is 1. The smallest absolute Gasteiger partial charge is 0.269 e. The number of hydrogen-bond acceptors (Lipinski definition) is 5. The van der Waals surface area contributed by atoms with Gasteiger partial charge < -0.3 is 10.1 Å². The number of hydrogen-bond donors (Lipinski definition) is 1. The first-order valence-electron chi connectivity index (χ1n) is 12.1. The number of carbonyl (C=O) groups excluding carboxylic acids is 2. The minimum atomic E-state index is -0.593. The molecule has 0 aliphatic carbocycles. The zero-order valence-electron chi connectivity index (χ0n) is 21.4. The zero-order valence-corrected chi connectivity index (χ0v) is 22.2. The highest BCUT2D eigenvalue weighted by Crippen LogP contribution is 2.42. The van der Waals surface area contributed by atoms with E-state index in [1.165, 1.54) is 29.3 Å². The Morgan fingerprint density at radius 3 is 2.41 bits per heavy atom. The topological polar surface area (TPSA) is 82.4 Å². The van der Waals surface area contributed by atoms with Gasteiger partial charge in [-0.3, -0.25) is 14.5 Å². The molecule has 0 aromatic heterocycles. The number of amides is 2. The third kappa shape index (κ3) is 5.55. The molecule has 4 rings (SSSR count). The summed E-state index contributed by atoms with van der Waals surface area (Å²) in [4.78, 5) is 28.6. The molecule has 6 nitrogen and oxygen atoms in total. The van der Waals surface area contributed by atoms with Gasteiger partial charge in [-0.2, -0.15) is 5.26 Å². The van der Waals surface area contributed by atoms with E-state index in [1.54, 1.807) is 24.3 Å². The first kappa shape index (κ1) is 26.1. The number of thioether (sulfide) groups is 1. The lowest BCUT2D eigenvalue weighted by atomic mass is 10.0. The summed E-state index contributed by atoms with van der Waals surface area (Å²) in [5, 5.41) is 12.7. The second-order valence-corrected chi connectivity index (χ2v) is 10.1. The number of aryl methyl sites for hydroxylation is 3. The summed E-state index contributed by atoms with van der Waals surface area (Å²) in [6.07, 6.45) is 1.36. The SMILES string of the molecule is CCc1ccc(N2C(=O)C(Cc3ccc(C)c(C)c3)S/C2=C(/C#N)C(=O)Nc2ccccc2OC)cc1. The van der Waals surface area contributed by atoms with Crippen LogP contribution in [0, 0.1) is 25.2 Å². The Bertz CT molecular complexity index is 1410. The molecule has 2 amide bonds. The van der Waals surface area contributed by atoms with Gasteiger partial charge in [0.25, 0.3) is 5.91 Å². The minimum absolute atomic E-state index is 0.119. The molecule has 1 saturated heterocycles. The molecule has 37 heavy (non-hydrogen) atoms. The van der Waals surface area contributed by atoms with Gasteiger partial charge in [-0.05, 0) is 73.2 Å². The molecular formula is C30H29N3O3S. The first-order valence-corrected chi connectivity index (χ1v) is 13.0. The molecular weight excluding hydrogens is 482 g/mol. The van der Waals surface area contributed by atoms with E-state index >= 15 is 0 Å². The summed E-state index contributed by atoms with van der Waals surface area (Å²) >= 11 is 1.26. The van der Waals surface area contributed by atoms with Gasteiger partial charge in [0.05, 0.1) is 18.0 Å². The lowest BCUT2D eigenvalue weighted by Gasteiger charge is -2.19. The van der Waals surface area contributed by atoms with Crippen molar-refractivity contribution in [3.63, 3.8) is 0 Å². The first-order chi connectivity index (χ1) is 17.9. The van der Waals surface area contributed by atoms with Crippen molar-refractivity contribution in [3.05, 3.63) is 99.6 Å². The Balaban J connectivity index is 1.74. The molecule has 7 heteroatoms. The summed E-state index contributed by atoms with van der Waals surface area (Å²) < 4.78 is 5.33. The van der Waals surface area contributed by atoms with Crippen LogP contribution in [-0.4, -0.2) is 24.2 Å². The second-order valence-electron chi connectivity index (χ2n) is 8.87. The van der Waals surface area contributed by atoms with Crippen molar-refractivity contribution < 1.29 is 14.3 Å². The highest BCUT2D eigenvalue weighted by Gasteiger charge is 2.41. The van der Waals surface area contributed by atoms with Crippen LogP contribution in [0.25, 0.3) is 0 Å². The van der Waals surface area contributed by atoms with Crippen molar-refractivity contribution in [2.45, 2.75) is 38.9 Å². The van der Waals surface area contributed by atoms with Crippen molar-refractivity contribution in [2.75, 3.05) is 17.3 Å². The summed E-state index contributed by atoms with van der Waals surface area (Å²) in [6.45, 7) is 6.16. The molecule has 1 aliphatic rings. The maximum Gasteiger partial charge on any atom is 0.269 e. The molecule has 0 saturated carbocycles. The maximum atomic E-state index is 13.7. The molecule has 1 N–H and O–H groups in total. The van der Waals surface area contributed by atoms with Crippen LogP contribution in [0.2, 0.25) is 0 Å². The van der Waals surface area contributed by atoms with Crippen molar-refractivity contribution in [1.82, 2.24) is 0 Å². The molecule has 0 bridgehead atoms. The van der Waals surface area contributed by atoms with Gasteiger partial charge >= 0.3 is 0 Å². The van der Waals surface area contributed by atoms with Crippen LogP contribution in [0.1, 0.15) is 29.2 Å². The number of nitrogens with zero attached hydrogens (tertiary/aromatic N) is 2. The highest BCUT2D eigenvalue weighted by atomic mass is 32.2. The zero-order chi connectivity index (χ0) is 26.5. The van der Waals surface area contributed by atoms with Gasteiger partial charge in [-0.15, -0.1) is 0 Å². The lowest BCUT2D eigenvalue weighted by Crippen LogP contribution is -2.31. The van der Waals surface area contributed by atoms with E-state index in [1.807, 2.05) is 43.3 Å². The third-order valence-corrected chi connectivity index (χ3v) is 7.72. The van der Waals surface area contributed by atoms with Crippen LogP contribution < -0.4 is 15.0 Å². The van der Waals surface area contributed by atoms with Gasteiger partial charge in [-0.25, -0.2) is 0 Å². The van der Waals surface area contributed by atoms with Crippen molar-refractivity contribution in [2.24, 2.45) is 0 Å². The van der Waals surface area contributed by atoms with Crippen LogP contribution in [0.15, 0.2) is 77.3 Å². The second kappa shape index (κ2) is 11.4. The van der Waals surface area contributed by atoms with Gasteiger partial charge in [0.1, 0.15) is 22.4 Å². The number of ether oxygens (including phenoxy) is 1. The molecule has 0 radical (unpaired) electrons. The van der Waals surface area contributed by atoms with Gasteiger partial charge in [0, 0.05) is 5.69 Å². The van der Waals surface area contributed by atoms with E-state index in [4.69, 9.17) is 4.74 Å². The summed E-state index contributed by atoms with van der Waals surface area (Å²) in [5.74, 6) is -0.266. The fourth-order valence-electron chi connectivity index (χ4n) is 4.18. The Kier molecular flexibility index (Phi) is 8.00. The van der Waals surface area contributed by atoms with Crippen LogP contribution in [0.5, 0.6) is 5.75 Å². The molecule has 1 aliphatic heterocycles. The van der Waals surface area contributed by atoms with E-state index in [-0.39, 0.29) is 11.5 Å². The van der Waals surface area contributed by atoms with E-state index in [2.05, 4.69) is 31.3 Å². The van der Waals surface area contributed by atoms with Crippen molar-refractivity contribution in [1.29, 1.82) is 5.26 Å². The molecule has 3 aromatic rings. The molecule has 188 valence electrons. The average Bonchev–Trinajstić information content (AvgIpc) is 3.22. The quantitative estimate of drug-likeness (QED) is 0.314. The molecule has 0 spiro atoms. The number of methoxy groups -OCH3 is 1. The number of benzene rings is 3. The van der Waals surface area contributed by atoms with Crippen LogP contribution >= 0.6 is 11.8 Å². The van der Waals surface area contributed by atoms with E-state index in [9.17, 15) is 14.9 Å². The molecule has 1 unspecified atom stereocenters. The van der Waals surface area contributed by atoms with Gasteiger partial charge in [-0.1, -0.05) is 61.2 Å². The number of nitrogens with one attached hydrogen (secondary N) is 1. The summed E-state index contributed by atoms with van der Waals surface area (Å²) in [7, 11) is 1.51. The van der Waals surface area contributed by atoms with E-state index in [0.29, 0.717) is 28.6 Å². The molecule has 1 heterocycles. The Hall–Kier alpha value is -4.02. The Morgan fingerprint density at radius 2 is 1.76 bits per heavy atom. The van der Waals surface area contributed by atoms with Crippen LogP contribution in [0.4, 0.5) is 11.4 Å². The monoisotopic (exact) mass is 511 g/mol. The standard InChI is InChI=1S/C30H29N3O3S/c1-5-21-12-14-23(15-13-21)33-29(35)27(17-22-11-10-19(2)20(3)16-22)37-30(33)24(18-31)28(34)32-25-8-6-7-9-26(25)36-4/h6-16,27H,5,17H2,1-4H3,(H,32,34)/b30-24-. The Labute approximate surface area is 221 Å². The average molecular weight is 512 g/mol. The minimum Gasteiger partial charge on any atom is -0.495 e. The van der Waals surface area contributed by atoms with Crippen LogP contribution in [0.3, 0.4) is 0 Å². The third-order valence-electron chi connectivity index (χ3n) is 6.46. The van der Waals surface area contributed by atoms with Gasteiger partial charge in [0.2, 0.25) is 5.91 Å². The number of anilines is 2. The maximum absolute atomic E-state index is 13.7. The molecule has 3 aromatic carbocycles. The normalized spacial score (nSPS) is 16.4. The fourth-order valence-corrected chi connectivity index (χ4v) is 5.49. The molecule has 1 atom stereocenters. The number of para-hydroxylation sites is 2. The highest BCUT2D eigenvalue weighted by molar-refractivity contribution is 8.05. The van der Waals surface area contributed by atoms with Crippen LogP contribution in [-0.2, 0) is 22.4 Å². The summed E-state index contributed by atoms with van der Waals surface area (Å²) in [6, 6.07) is 22.9. The lowest BCUT2D eigenvalue weighted by molar-refractivity contribution is -0.117. The largest absolute Gasteiger partial charge is 0.495 e.